The summed E-state index contributed by atoms with van der Waals surface area (Å²) in [5.41, 5.74) is 1.26. The zero-order chi connectivity index (χ0) is 11.5. The van der Waals surface area contributed by atoms with E-state index in [1.165, 1.54) is 0 Å². The van der Waals surface area contributed by atoms with Gasteiger partial charge in [0.2, 0.25) is 0 Å². The number of hydrogen-bond donors (Lipinski definition) is 0. The van der Waals surface area contributed by atoms with Crippen molar-refractivity contribution in [1.29, 1.82) is 0 Å². The summed E-state index contributed by atoms with van der Waals surface area (Å²) in [4.78, 5) is 16.2. The zero-order valence-corrected chi connectivity index (χ0v) is 11.3. The van der Waals surface area contributed by atoms with Crippen molar-refractivity contribution >= 4 is 37.6 Å². The van der Waals surface area contributed by atoms with E-state index >= 15 is 0 Å². The van der Waals surface area contributed by atoms with Gasteiger partial charge in [0, 0.05) is 26.9 Å². The number of pyridine rings is 1. The van der Waals surface area contributed by atoms with E-state index in [1.54, 1.807) is 24.5 Å². The summed E-state index contributed by atoms with van der Waals surface area (Å²) in [5, 5.41) is 0. The summed E-state index contributed by atoms with van der Waals surface area (Å²) in [6.07, 6.45) is 3.22. The average molecular weight is 341 g/mol. The van der Waals surface area contributed by atoms with E-state index in [4.69, 9.17) is 0 Å². The second kappa shape index (κ2) is 4.89. The molecular formula is C12H7Br2NO. The van der Waals surface area contributed by atoms with Crippen LogP contribution < -0.4 is 0 Å². The molecule has 0 atom stereocenters. The van der Waals surface area contributed by atoms with Crippen LogP contribution in [0, 0.1) is 0 Å². The third-order valence-corrected chi connectivity index (χ3v) is 3.32. The fourth-order valence-corrected chi connectivity index (χ4v) is 2.65. The first-order valence-electron chi connectivity index (χ1n) is 4.59. The van der Waals surface area contributed by atoms with Crippen LogP contribution in [0.4, 0.5) is 0 Å². The molecule has 4 heteroatoms. The highest BCUT2D eigenvalue weighted by molar-refractivity contribution is 9.11. The summed E-state index contributed by atoms with van der Waals surface area (Å²) in [7, 11) is 0. The molecule has 1 heterocycles. The van der Waals surface area contributed by atoms with Gasteiger partial charge in [-0.3, -0.25) is 9.78 Å². The zero-order valence-electron chi connectivity index (χ0n) is 8.15. The van der Waals surface area contributed by atoms with Crippen LogP contribution in [0.2, 0.25) is 0 Å². The van der Waals surface area contributed by atoms with Crippen LogP contribution in [-0.4, -0.2) is 10.8 Å². The molecule has 0 aliphatic heterocycles. The number of benzene rings is 1. The third-order valence-electron chi connectivity index (χ3n) is 2.12. The topological polar surface area (TPSA) is 30.0 Å². The van der Waals surface area contributed by atoms with Crippen LogP contribution in [-0.2, 0) is 0 Å². The van der Waals surface area contributed by atoms with Crippen molar-refractivity contribution < 1.29 is 4.79 Å². The fraction of sp³-hybridized carbons (Fsp3) is 0. The lowest BCUT2D eigenvalue weighted by Gasteiger charge is -2.05. The fourth-order valence-electron chi connectivity index (χ4n) is 1.36. The minimum absolute atomic E-state index is 0.0262. The van der Waals surface area contributed by atoms with Crippen LogP contribution in [0.25, 0.3) is 0 Å². The lowest BCUT2D eigenvalue weighted by atomic mass is 10.1. The standard InChI is InChI=1S/C12H7Br2NO/c13-9-6-15-7-10(14)11(9)12(16)8-4-2-1-3-5-8/h1-7H. The molecule has 2 rings (SSSR count). The first kappa shape index (κ1) is 11.5. The summed E-state index contributed by atoms with van der Waals surface area (Å²) < 4.78 is 1.38. The molecule has 2 aromatic rings. The highest BCUT2D eigenvalue weighted by Crippen LogP contribution is 2.26. The first-order valence-corrected chi connectivity index (χ1v) is 6.17. The lowest BCUT2D eigenvalue weighted by Crippen LogP contribution is -2.03. The van der Waals surface area contributed by atoms with E-state index in [-0.39, 0.29) is 5.78 Å². The van der Waals surface area contributed by atoms with Crippen molar-refractivity contribution in [3.05, 3.63) is 62.8 Å². The predicted molar refractivity (Wildman–Crippen MR) is 69.5 cm³/mol. The number of aromatic nitrogens is 1. The summed E-state index contributed by atoms with van der Waals surface area (Å²) in [5.74, 6) is -0.0262. The molecule has 0 aliphatic rings. The molecule has 0 fully saturated rings. The van der Waals surface area contributed by atoms with E-state index < -0.39 is 0 Å². The highest BCUT2D eigenvalue weighted by Gasteiger charge is 2.15. The summed E-state index contributed by atoms with van der Waals surface area (Å²) in [6.45, 7) is 0. The normalized spacial score (nSPS) is 10.1. The van der Waals surface area contributed by atoms with Crippen molar-refractivity contribution in [3.63, 3.8) is 0 Å². The SMILES string of the molecule is O=C(c1ccccc1)c1c(Br)cncc1Br. The highest BCUT2D eigenvalue weighted by atomic mass is 79.9. The Morgan fingerprint density at radius 1 is 1.00 bits per heavy atom. The number of halogens is 2. The van der Waals surface area contributed by atoms with Gasteiger partial charge in [-0.2, -0.15) is 0 Å². The van der Waals surface area contributed by atoms with Crippen LogP contribution in [0.3, 0.4) is 0 Å². The third kappa shape index (κ3) is 2.23. The minimum Gasteiger partial charge on any atom is -0.289 e. The Hall–Kier alpha value is -1.00. The molecule has 1 aromatic carbocycles. The van der Waals surface area contributed by atoms with Gasteiger partial charge in [-0.25, -0.2) is 0 Å². The second-order valence-corrected chi connectivity index (χ2v) is 4.88. The number of carbonyl (C=O) groups excluding carboxylic acids is 1. The van der Waals surface area contributed by atoms with Gasteiger partial charge in [-0.05, 0) is 31.9 Å². The Morgan fingerprint density at radius 3 is 2.12 bits per heavy atom. The van der Waals surface area contributed by atoms with E-state index in [1.807, 2.05) is 18.2 Å². The van der Waals surface area contributed by atoms with Crippen molar-refractivity contribution in [2.45, 2.75) is 0 Å². The van der Waals surface area contributed by atoms with Gasteiger partial charge in [0.1, 0.15) is 0 Å². The smallest absolute Gasteiger partial charge is 0.195 e. The van der Waals surface area contributed by atoms with Gasteiger partial charge in [-0.15, -0.1) is 0 Å². The van der Waals surface area contributed by atoms with E-state index in [0.717, 1.165) is 0 Å². The summed E-state index contributed by atoms with van der Waals surface area (Å²) in [6, 6.07) is 9.16. The molecule has 16 heavy (non-hydrogen) atoms. The second-order valence-electron chi connectivity index (χ2n) is 3.17. The number of rotatable bonds is 2. The molecule has 0 bridgehead atoms. The quantitative estimate of drug-likeness (QED) is 0.777. The molecule has 0 saturated heterocycles. The van der Waals surface area contributed by atoms with Crippen LogP contribution in [0.5, 0.6) is 0 Å². The lowest BCUT2D eigenvalue weighted by molar-refractivity contribution is 0.103. The molecule has 0 aliphatic carbocycles. The van der Waals surface area contributed by atoms with Crippen molar-refractivity contribution in [2.75, 3.05) is 0 Å². The van der Waals surface area contributed by atoms with Crippen LogP contribution in [0.1, 0.15) is 15.9 Å². The van der Waals surface area contributed by atoms with Gasteiger partial charge >= 0.3 is 0 Å². The van der Waals surface area contributed by atoms with E-state index in [9.17, 15) is 4.79 Å². The van der Waals surface area contributed by atoms with Gasteiger partial charge in [0.25, 0.3) is 0 Å². The predicted octanol–water partition coefficient (Wildman–Crippen LogP) is 3.84. The van der Waals surface area contributed by atoms with Crippen molar-refractivity contribution in [2.24, 2.45) is 0 Å². The Bertz CT molecular complexity index is 506. The first-order chi connectivity index (χ1) is 7.70. The number of nitrogens with zero attached hydrogens (tertiary/aromatic N) is 1. The molecule has 0 saturated carbocycles. The molecule has 0 radical (unpaired) electrons. The Kier molecular flexibility index (Phi) is 3.51. The van der Waals surface area contributed by atoms with Crippen molar-refractivity contribution in [3.8, 4) is 0 Å². The van der Waals surface area contributed by atoms with Gasteiger partial charge < -0.3 is 0 Å². The van der Waals surface area contributed by atoms with Gasteiger partial charge in [0.05, 0.1) is 5.56 Å². The average Bonchev–Trinajstić information content (AvgIpc) is 2.30. The molecule has 0 N–H and O–H groups in total. The van der Waals surface area contributed by atoms with Crippen molar-refractivity contribution in [1.82, 2.24) is 4.98 Å². The molecule has 0 amide bonds. The Balaban J connectivity index is 2.50. The maximum atomic E-state index is 12.2. The monoisotopic (exact) mass is 339 g/mol. The van der Waals surface area contributed by atoms with Crippen LogP contribution in [0.15, 0.2) is 51.7 Å². The maximum absolute atomic E-state index is 12.2. The number of carbonyl (C=O) groups is 1. The Labute approximate surface area is 110 Å². The largest absolute Gasteiger partial charge is 0.289 e. The molecule has 1 aromatic heterocycles. The maximum Gasteiger partial charge on any atom is 0.195 e. The molecule has 0 spiro atoms. The molecule has 2 nitrogen and oxygen atoms in total. The molecular weight excluding hydrogens is 334 g/mol. The number of hydrogen-bond acceptors (Lipinski definition) is 2. The summed E-state index contributed by atoms with van der Waals surface area (Å²) >= 11 is 6.66. The number of ketones is 1. The van der Waals surface area contributed by atoms with E-state index in [0.29, 0.717) is 20.1 Å². The molecule has 80 valence electrons. The van der Waals surface area contributed by atoms with Gasteiger partial charge in [0.15, 0.2) is 5.78 Å². The van der Waals surface area contributed by atoms with Crippen LogP contribution >= 0.6 is 31.9 Å². The molecule has 0 unspecified atom stereocenters. The van der Waals surface area contributed by atoms with Gasteiger partial charge in [-0.1, -0.05) is 30.3 Å². The van der Waals surface area contributed by atoms with E-state index in [2.05, 4.69) is 36.8 Å². The minimum atomic E-state index is -0.0262. The Morgan fingerprint density at radius 2 is 1.56 bits per heavy atom.